The number of benzene rings is 1. The van der Waals surface area contributed by atoms with Crippen molar-refractivity contribution in [1.82, 2.24) is 0 Å². The molecule has 0 aliphatic heterocycles. The van der Waals surface area contributed by atoms with Gasteiger partial charge in [-0.2, -0.15) is 0 Å². The van der Waals surface area contributed by atoms with Crippen molar-refractivity contribution < 1.29 is 9.47 Å². The van der Waals surface area contributed by atoms with Crippen LogP contribution < -0.4 is 4.74 Å². The Labute approximate surface area is 137 Å². The summed E-state index contributed by atoms with van der Waals surface area (Å²) in [4.78, 5) is 0. The SMILES string of the molecule is CC(C)c1cccc(C(C)C)c1OCCOC(C)C(C)(C)C. The van der Waals surface area contributed by atoms with Crippen LogP contribution in [0.25, 0.3) is 0 Å². The predicted octanol–water partition coefficient (Wildman–Crippen LogP) is 5.76. The molecule has 126 valence electrons. The Bertz CT molecular complexity index is 429. The lowest BCUT2D eigenvalue weighted by molar-refractivity contribution is -0.0166. The number of para-hydroxylation sites is 1. The quantitative estimate of drug-likeness (QED) is 0.596. The number of hydrogen-bond acceptors (Lipinski definition) is 2. The van der Waals surface area contributed by atoms with Gasteiger partial charge in [-0.3, -0.25) is 0 Å². The fraction of sp³-hybridized carbons (Fsp3) is 0.700. The fourth-order valence-corrected chi connectivity index (χ4v) is 2.27. The average molecular weight is 306 g/mol. The molecule has 1 aromatic rings. The Morgan fingerprint density at radius 1 is 0.864 bits per heavy atom. The van der Waals surface area contributed by atoms with Gasteiger partial charge in [0.25, 0.3) is 0 Å². The molecule has 0 spiro atoms. The van der Waals surface area contributed by atoms with Crippen LogP contribution in [0, 0.1) is 5.41 Å². The molecule has 0 saturated carbocycles. The molecule has 0 N–H and O–H groups in total. The van der Waals surface area contributed by atoms with Crippen LogP contribution in [0.1, 0.15) is 78.4 Å². The summed E-state index contributed by atoms with van der Waals surface area (Å²) < 4.78 is 12.0. The Kier molecular flexibility index (Phi) is 6.93. The topological polar surface area (TPSA) is 18.5 Å². The summed E-state index contributed by atoms with van der Waals surface area (Å²) in [6.45, 7) is 18.8. The number of hydrogen-bond donors (Lipinski definition) is 0. The predicted molar refractivity (Wildman–Crippen MR) is 95.0 cm³/mol. The first kappa shape index (κ1) is 19.0. The molecule has 0 heterocycles. The minimum Gasteiger partial charge on any atom is -0.491 e. The summed E-state index contributed by atoms with van der Waals surface area (Å²) in [5.74, 6) is 1.98. The largest absolute Gasteiger partial charge is 0.491 e. The minimum atomic E-state index is 0.166. The molecule has 2 heteroatoms. The molecule has 0 bridgehead atoms. The monoisotopic (exact) mass is 306 g/mol. The zero-order chi connectivity index (χ0) is 16.9. The van der Waals surface area contributed by atoms with Crippen molar-refractivity contribution in [3.05, 3.63) is 29.3 Å². The second-order valence-corrected chi connectivity index (χ2v) is 7.80. The van der Waals surface area contributed by atoms with Gasteiger partial charge in [-0.05, 0) is 35.3 Å². The van der Waals surface area contributed by atoms with Crippen molar-refractivity contribution in [2.75, 3.05) is 13.2 Å². The highest BCUT2D eigenvalue weighted by molar-refractivity contribution is 5.44. The van der Waals surface area contributed by atoms with Gasteiger partial charge < -0.3 is 9.47 Å². The van der Waals surface area contributed by atoms with E-state index in [9.17, 15) is 0 Å². The second-order valence-electron chi connectivity index (χ2n) is 7.80. The highest BCUT2D eigenvalue weighted by atomic mass is 16.5. The third-order valence-corrected chi connectivity index (χ3v) is 4.24. The van der Waals surface area contributed by atoms with Gasteiger partial charge in [-0.25, -0.2) is 0 Å². The molecule has 0 saturated heterocycles. The van der Waals surface area contributed by atoms with Crippen LogP contribution in [-0.2, 0) is 4.74 Å². The Balaban J connectivity index is 2.72. The maximum atomic E-state index is 6.13. The maximum Gasteiger partial charge on any atom is 0.126 e. The van der Waals surface area contributed by atoms with Crippen LogP contribution in [0.15, 0.2) is 18.2 Å². The summed E-state index contributed by atoms with van der Waals surface area (Å²) in [5, 5.41) is 0. The van der Waals surface area contributed by atoms with Crippen LogP contribution in [0.5, 0.6) is 5.75 Å². The van der Waals surface area contributed by atoms with Crippen LogP contribution in [0.3, 0.4) is 0 Å². The van der Waals surface area contributed by atoms with Crippen LogP contribution >= 0.6 is 0 Å². The minimum absolute atomic E-state index is 0.166. The smallest absolute Gasteiger partial charge is 0.126 e. The molecule has 1 unspecified atom stereocenters. The first-order valence-electron chi connectivity index (χ1n) is 8.51. The van der Waals surface area contributed by atoms with E-state index >= 15 is 0 Å². The van der Waals surface area contributed by atoms with E-state index in [-0.39, 0.29) is 11.5 Å². The van der Waals surface area contributed by atoms with Crippen LogP contribution in [0.2, 0.25) is 0 Å². The Hall–Kier alpha value is -1.02. The Morgan fingerprint density at radius 3 is 1.77 bits per heavy atom. The lowest BCUT2D eigenvalue weighted by Gasteiger charge is -2.27. The van der Waals surface area contributed by atoms with E-state index in [1.54, 1.807) is 0 Å². The van der Waals surface area contributed by atoms with Gasteiger partial charge in [0.2, 0.25) is 0 Å². The molecular weight excluding hydrogens is 272 g/mol. The van der Waals surface area contributed by atoms with Crippen LogP contribution in [0.4, 0.5) is 0 Å². The van der Waals surface area contributed by atoms with Crippen molar-refractivity contribution in [2.24, 2.45) is 5.41 Å². The molecule has 0 aliphatic rings. The van der Waals surface area contributed by atoms with E-state index in [0.717, 1.165) is 5.75 Å². The van der Waals surface area contributed by atoms with Crippen molar-refractivity contribution >= 4 is 0 Å². The van der Waals surface area contributed by atoms with Gasteiger partial charge in [-0.1, -0.05) is 66.7 Å². The zero-order valence-electron chi connectivity index (χ0n) is 15.7. The third kappa shape index (κ3) is 5.31. The highest BCUT2D eigenvalue weighted by Gasteiger charge is 2.20. The van der Waals surface area contributed by atoms with Gasteiger partial charge in [0, 0.05) is 0 Å². The van der Waals surface area contributed by atoms with Gasteiger partial charge in [-0.15, -0.1) is 0 Å². The molecule has 0 amide bonds. The van der Waals surface area contributed by atoms with E-state index in [4.69, 9.17) is 9.47 Å². The molecule has 1 aromatic carbocycles. The summed E-state index contributed by atoms with van der Waals surface area (Å²) in [6.07, 6.45) is 0.223. The van der Waals surface area contributed by atoms with Gasteiger partial charge in [0.05, 0.1) is 12.7 Å². The fourth-order valence-electron chi connectivity index (χ4n) is 2.27. The normalized spacial score (nSPS) is 13.7. The van der Waals surface area contributed by atoms with E-state index in [2.05, 4.69) is 73.6 Å². The average Bonchev–Trinajstić information content (AvgIpc) is 2.41. The molecule has 2 nitrogen and oxygen atoms in total. The summed E-state index contributed by atoms with van der Waals surface area (Å²) in [6, 6.07) is 6.48. The van der Waals surface area contributed by atoms with Crippen molar-refractivity contribution in [3.8, 4) is 5.75 Å². The summed E-state index contributed by atoms with van der Waals surface area (Å²) in [7, 11) is 0. The van der Waals surface area contributed by atoms with E-state index in [1.807, 2.05) is 0 Å². The van der Waals surface area contributed by atoms with Crippen molar-refractivity contribution in [1.29, 1.82) is 0 Å². The molecule has 0 aromatic heterocycles. The molecule has 1 rings (SSSR count). The number of rotatable bonds is 7. The van der Waals surface area contributed by atoms with E-state index in [0.29, 0.717) is 25.0 Å². The molecule has 1 atom stereocenters. The summed E-state index contributed by atoms with van der Waals surface area (Å²) >= 11 is 0. The van der Waals surface area contributed by atoms with E-state index in [1.165, 1.54) is 11.1 Å². The first-order valence-corrected chi connectivity index (χ1v) is 8.51. The maximum absolute atomic E-state index is 6.13. The molecular formula is C20H34O2. The zero-order valence-corrected chi connectivity index (χ0v) is 15.7. The van der Waals surface area contributed by atoms with E-state index < -0.39 is 0 Å². The second kappa shape index (κ2) is 8.01. The molecule has 0 radical (unpaired) electrons. The van der Waals surface area contributed by atoms with Crippen molar-refractivity contribution in [2.45, 2.75) is 73.3 Å². The van der Waals surface area contributed by atoms with Gasteiger partial charge in [0.1, 0.15) is 12.4 Å². The third-order valence-electron chi connectivity index (χ3n) is 4.24. The highest BCUT2D eigenvalue weighted by Crippen LogP contribution is 2.34. The Morgan fingerprint density at radius 2 is 1.36 bits per heavy atom. The van der Waals surface area contributed by atoms with Crippen LogP contribution in [-0.4, -0.2) is 19.3 Å². The van der Waals surface area contributed by atoms with Gasteiger partial charge >= 0.3 is 0 Å². The molecule has 0 aliphatic carbocycles. The molecule has 0 fully saturated rings. The summed E-state index contributed by atoms with van der Waals surface area (Å²) in [5.41, 5.74) is 2.74. The first-order chi connectivity index (χ1) is 10.1. The van der Waals surface area contributed by atoms with Crippen molar-refractivity contribution in [3.63, 3.8) is 0 Å². The number of ether oxygens (including phenoxy) is 2. The standard InChI is InChI=1S/C20H34O2/c1-14(2)17-10-9-11-18(15(3)4)19(17)22-13-12-21-16(5)20(6,7)8/h9-11,14-16H,12-13H2,1-8H3. The lowest BCUT2D eigenvalue weighted by atomic mass is 9.90. The van der Waals surface area contributed by atoms with Gasteiger partial charge in [0.15, 0.2) is 0 Å². The lowest BCUT2D eigenvalue weighted by Crippen LogP contribution is -2.27. The molecule has 22 heavy (non-hydrogen) atoms.